The van der Waals surface area contributed by atoms with Gasteiger partial charge in [0.25, 0.3) is 0 Å². The minimum absolute atomic E-state index is 0.0606. The van der Waals surface area contributed by atoms with Gasteiger partial charge in [0.15, 0.2) is 11.5 Å². The van der Waals surface area contributed by atoms with E-state index in [0.29, 0.717) is 19.8 Å². The molecule has 0 radical (unpaired) electrons. The monoisotopic (exact) mass is 388 g/mol. The molecule has 1 aromatic rings. The molecule has 2 amide bonds. The fraction of sp³-hybridized carbons (Fsp3) is 0.667. The molecule has 28 heavy (non-hydrogen) atoms. The summed E-state index contributed by atoms with van der Waals surface area (Å²) in [6.45, 7) is 14.1. The Balaban J connectivity index is 1.67. The number of fused-ring (bicyclic) bond motifs is 1. The van der Waals surface area contributed by atoms with E-state index in [1.54, 1.807) is 0 Å². The van der Waals surface area contributed by atoms with Gasteiger partial charge in [-0.15, -0.1) is 0 Å². The van der Waals surface area contributed by atoms with Crippen molar-refractivity contribution < 1.29 is 14.3 Å². The zero-order valence-corrected chi connectivity index (χ0v) is 17.4. The van der Waals surface area contributed by atoms with Crippen LogP contribution in [0.2, 0.25) is 0 Å². The van der Waals surface area contributed by atoms with Crippen LogP contribution >= 0.6 is 0 Å². The molecule has 2 atom stereocenters. The zero-order chi connectivity index (χ0) is 19.9. The van der Waals surface area contributed by atoms with E-state index in [0.717, 1.165) is 43.2 Å². The van der Waals surface area contributed by atoms with Crippen molar-refractivity contribution >= 4 is 6.03 Å². The van der Waals surface area contributed by atoms with Gasteiger partial charge in [0, 0.05) is 43.8 Å². The van der Waals surface area contributed by atoms with Gasteiger partial charge in [0.05, 0.1) is 12.2 Å². The second-order valence-corrected chi connectivity index (χ2v) is 8.78. The highest BCUT2D eigenvalue weighted by atomic mass is 16.6. The summed E-state index contributed by atoms with van der Waals surface area (Å²) in [6.07, 6.45) is 0.0705. The Labute approximate surface area is 167 Å². The summed E-state index contributed by atoms with van der Waals surface area (Å²) in [6, 6.07) is 6.05. The maximum Gasteiger partial charge on any atom is 0.322 e. The van der Waals surface area contributed by atoms with Crippen LogP contribution in [0.25, 0.3) is 0 Å². The predicted octanol–water partition coefficient (Wildman–Crippen LogP) is 2.29. The van der Waals surface area contributed by atoms with Crippen molar-refractivity contribution in [3.8, 4) is 11.5 Å². The second-order valence-electron chi connectivity index (χ2n) is 8.78. The van der Waals surface area contributed by atoms with Gasteiger partial charge in [-0.2, -0.15) is 0 Å². The Morgan fingerprint density at radius 1 is 1.14 bits per heavy atom. The molecule has 2 unspecified atom stereocenters. The highest BCUT2D eigenvalue weighted by Gasteiger charge is 2.47. The molecule has 2 saturated heterocycles. The molecule has 154 valence electrons. The number of nitrogens with one attached hydrogen (secondary N) is 1. The van der Waals surface area contributed by atoms with E-state index in [1.165, 1.54) is 0 Å². The summed E-state index contributed by atoms with van der Waals surface area (Å²) in [7, 11) is 0. The van der Waals surface area contributed by atoms with Crippen molar-refractivity contribution in [3.05, 3.63) is 23.8 Å². The summed E-state index contributed by atoms with van der Waals surface area (Å²) >= 11 is 0. The van der Waals surface area contributed by atoms with E-state index < -0.39 is 0 Å². The minimum Gasteiger partial charge on any atom is -0.486 e. The molecule has 1 N–H and O–H groups in total. The number of carbonyl (C=O) groups is 1. The maximum atomic E-state index is 13.5. The Bertz CT molecular complexity index is 727. The number of para-hydroxylation sites is 1. The van der Waals surface area contributed by atoms with E-state index in [1.807, 2.05) is 21.9 Å². The molecule has 4 rings (SSSR count). The van der Waals surface area contributed by atoms with Gasteiger partial charge in [-0.3, -0.25) is 4.90 Å². The average Bonchev–Trinajstić information content (AvgIpc) is 3.05. The smallest absolute Gasteiger partial charge is 0.322 e. The molecule has 1 aromatic carbocycles. The summed E-state index contributed by atoms with van der Waals surface area (Å²) in [4.78, 5) is 19.9. The Kier molecular flexibility index (Phi) is 5.14. The van der Waals surface area contributed by atoms with Crippen molar-refractivity contribution in [1.82, 2.24) is 20.0 Å². The average molecular weight is 389 g/mol. The molecule has 3 heterocycles. The predicted molar refractivity (Wildman–Crippen MR) is 108 cm³/mol. The van der Waals surface area contributed by atoms with Gasteiger partial charge >= 0.3 is 6.03 Å². The number of urea groups is 1. The van der Waals surface area contributed by atoms with Crippen molar-refractivity contribution in [2.45, 2.75) is 45.4 Å². The molecule has 3 aliphatic rings. The number of hydrogen-bond donors (Lipinski definition) is 1. The first-order valence-corrected chi connectivity index (χ1v) is 10.3. The molecule has 0 aliphatic carbocycles. The molecule has 0 aromatic heterocycles. The quantitative estimate of drug-likeness (QED) is 0.861. The lowest BCUT2D eigenvalue weighted by Crippen LogP contribution is -2.55. The Hall–Kier alpha value is -1.99. The molecular weight excluding hydrogens is 356 g/mol. The highest BCUT2D eigenvalue weighted by molar-refractivity contribution is 5.79. The number of carbonyl (C=O) groups excluding carboxylic acids is 1. The van der Waals surface area contributed by atoms with E-state index >= 15 is 0 Å². The van der Waals surface area contributed by atoms with Gasteiger partial charge in [-0.25, -0.2) is 4.79 Å². The molecule has 7 heteroatoms. The molecule has 0 bridgehead atoms. The summed E-state index contributed by atoms with van der Waals surface area (Å²) in [5.41, 5.74) is 0.744. The van der Waals surface area contributed by atoms with E-state index in [-0.39, 0.29) is 23.8 Å². The topological polar surface area (TPSA) is 57.3 Å². The van der Waals surface area contributed by atoms with Gasteiger partial charge in [0.1, 0.15) is 13.2 Å². The standard InChI is InChI=1S/C21H32N4O3/c1-15(23-10-8-22-9-11-23)24-14-17(25(20(24)26)21(2,3)4)16-6-5-7-18-19(16)28-13-12-27-18/h5-7,15,17,22H,8-14H2,1-4H3. The molecule has 7 nitrogen and oxygen atoms in total. The van der Waals surface area contributed by atoms with Crippen molar-refractivity contribution in [1.29, 1.82) is 0 Å². The number of amides is 2. The lowest BCUT2D eigenvalue weighted by Gasteiger charge is -2.39. The Morgan fingerprint density at radius 3 is 2.57 bits per heavy atom. The fourth-order valence-corrected chi connectivity index (χ4v) is 4.53. The van der Waals surface area contributed by atoms with Crippen LogP contribution < -0.4 is 14.8 Å². The molecule has 0 saturated carbocycles. The van der Waals surface area contributed by atoms with Gasteiger partial charge in [0.2, 0.25) is 0 Å². The third-order valence-electron chi connectivity index (χ3n) is 5.94. The number of rotatable bonds is 3. The van der Waals surface area contributed by atoms with Crippen molar-refractivity contribution in [2.75, 3.05) is 45.9 Å². The third kappa shape index (κ3) is 3.42. The van der Waals surface area contributed by atoms with Gasteiger partial charge < -0.3 is 24.6 Å². The molecular formula is C21H32N4O3. The van der Waals surface area contributed by atoms with Crippen LogP contribution in [0.5, 0.6) is 11.5 Å². The number of hydrogen-bond acceptors (Lipinski definition) is 5. The molecule has 3 aliphatic heterocycles. The van der Waals surface area contributed by atoms with E-state index in [4.69, 9.17) is 9.47 Å². The van der Waals surface area contributed by atoms with Gasteiger partial charge in [-0.05, 0) is 33.8 Å². The first kappa shape index (κ1) is 19.3. The minimum atomic E-state index is -0.294. The third-order valence-corrected chi connectivity index (χ3v) is 5.94. The number of nitrogens with zero attached hydrogens (tertiary/aromatic N) is 3. The lowest BCUT2D eigenvalue weighted by atomic mass is 9.98. The normalized spacial score (nSPS) is 24.6. The summed E-state index contributed by atoms with van der Waals surface area (Å²) in [5.74, 6) is 1.57. The van der Waals surface area contributed by atoms with Crippen LogP contribution in [0.15, 0.2) is 18.2 Å². The zero-order valence-electron chi connectivity index (χ0n) is 17.4. The Morgan fingerprint density at radius 2 is 1.86 bits per heavy atom. The van der Waals surface area contributed by atoms with Crippen LogP contribution in [-0.2, 0) is 0 Å². The molecule has 0 spiro atoms. The second kappa shape index (κ2) is 7.44. The van der Waals surface area contributed by atoms with Crippen LogP contribution in [0, 0.1) is 0 Å². The van der Waals surface area contributed by atoms with Crippen LogP contribution in [-0.4, -0.2) is 78.4 Å². The van der Waals surface area contributed by atoms with Crippen LogP contribution in [0.1, 0.15) is 39.3 Å². The highest BCUT2D eigenvalue weighted by Crippen LogP contribution is 2.44. The first-order chi connectivity index (χ1) is 13.4. The molecule has 2 fully saturated rings. The number of piperazine rings is 1. The van der Waals surface area contributed by atoms with Crippen LogP contribution in [0.3, 0.4) is 0 Å². The lowest BCUT2D eigenvalue weighted by molar-refractivity contribution is 0.0736. The number of benzene rings is 1. The van der Waals surface area contributed by atoms with E-state index in [2.05, 4.69) is 44.0 Å². The fourth-order valence-electron chi connectivity index (χ4n) is 4.53. The van der Waals surface area contributed by atoms with E-state index in [9.17, 15) is 4.79 Å². The van der Waals surface area contributed by atoms with Gasteiger partial charge in [-0.1, -0.05) is 12.1 Å². The summed E-state index contributed by atoms with van der Waals surface area (Å²) in [5, 5.41) is 3.39. The van der Waals surface area contributed by atoms with Crippen molar-refractivity contribution in [2.24, 2.45) is 0 Å². The number of ether oxygens (including phenoxy) is 2. The SMILES string of the molecule is CC(N1CCNCC1)N1CC(c2cccc3c2OCCO3)N(C(C)(C)C)C1=O. The first-order valence-electron chi connectivity index (χ1n) is 10.3. The summed E-state index contributed by atoms with van der Waals surface area (Å²) < 4.78 is 11.8. The maximum absolute atomic E-state index is 13.5. The largest absolute Gasteiger partial charge is 0.486 e. The van der Waals surface area contributed by atoms with Crippen LogP contribution in [0.4, 0.5) is 4.79 Å². The van der Waals surface area contributed by atoms with Crippen molar-refractivity contribution in [3.63, 3.8) is 0 Å².